The van der Waals surface area contributed by atoms with Gasteiger partial charge in [-0.2, -0.15) is 0 Å². The van der Waals surface area contributed by atoms with Crippen LogP contribution >= 0.6 is 22.9 Å². The Kier molecular flexibility index (Phi) is 4.14. The summed E-state index contributed by atoms with van der Waals surface area (Å²) in [5.74, 6) is 0. The molecular formula is C30H18ClNS. The fourth-order valence-electron chi connectivity index (χ4n) is 4.94. The zero-order valence-corrected chi connectivity index (χ0v) is 19.2. The number of aromatic nitrogens is 1. The lowest BCUT2D eigenvalue weighted by molar-refractivity contribution is 1.19. The molecule has 0 aliphatic heterocycles. The molecule has 0 radical (unpaired) electrons. The summed E-state index contributed by atoms with van der Waals surface area (Å²) in [5, 5.41) is 5.81. The van der Waals surface area contributed by atoms with Crippen molar-refractivity contribution in [1.82, 2.24) is 4.57 Å². The number of hydrogen-bond acceptors (Lipinski definition) is 1. The fraction of sp³-hybridized carbons (Fsp3) is 0. The second-order valence-electron chi connectivity index (χ2n) is 8.37. The van der Waals surface area contributed by atoms with Crippen molar-refractivity contribution in [3.8, 4) is 16.8 Å². The van der Waals surface area contributed by atoms with E-state index in [0.29, 0.717) is 0 Å². The minimum atomic E-state index is 0.780. The van der Waals surface area contributed by atoms with E-state index in [4.69, 9.17) is 11.6 Å². The molecule has 0 saturated carbocycles. The standard InChI is InChI=1S/C30H18ClNS/c31-21-11-15-29-26(17-21)25-14-12-22(18-30(25)33-29)32-27-9-5-4-8-23(27)24-13-10-20(16-28(24)32)19-6-2-1-3-7-19/h1-18H. The molecule has 0 amide bonds. The second kappa shape index (κ2) is 7.21. The highest BCUT2D eigenvalue weighted by Crippen LogP contribution is 2.39. The highest BCUT2D eigenvalue weighted by atomic mass is 35.5. The molecular weight excluding hydrogens is 442 g/mol. The van der Waals surface area contributed by atoms with E-state index in [1.807, 2.05) is 17.4 Å². The second-order valence-corrected chi connectivity index (χ2v) is 9.89. The highest BCUT2D eigenvalue weighted by molar-refractivity contribution is 7.25. The predicted molar refractivity (Wildman–Crippen MR) is 144 cm³/mol. The molecule has 2 heterocycles. The number of fused-ring (bicyclic) bond motifs is 6. The zero-order valence-electron chi connectivity index (χ0n) is 17.6. The van der Waals surface area contributed by atoms with Gasteiger partial charge in [0.15, 0.2) is 0 Å². The Morgan fingerprint density at radius 1 is 0.515 bits per heavy atom. The van der Waals surface area contributed by atoms with Gasteiger partial charge in [-0.1, -0.05) is 78.3 Å². The van der Waals surface area contributed by atoms with E-state index in [1.165, 1.54) is 58.8 Å². The minimum absolute atomic E-state index is 0.780. The van der Waals surface area contributed by atoms with Gasteiger partial charge in [0.1, 0.15) is 0 Å². The van der Waals surface area contributed by atoms with Crippen LogP contribution in [0, 0.1) is 0 Å². The lowest BCUT2D eigenvalue weighted by Crippen LogP contribution is -1.93. The van der Waals surface area contributed by atoms with Crippen LogP contribution in [0.2, 0.25) is 5.02 Å². The van der Waals surface area contributed by atoms with E-state index < -0.39 is 0 Å². The first-order valence-electron chi connectivity index (χ1n) is 11.0. The summed E-state index contributed by atoms with van der Waals surface area (Å²) in [6, 6.07) is 39.0. The normalized spacial score (nSPS) is 11.8. The van der Waals surface area contributed by atoms with E-state index >= 15 is 0 Å². The van der Waals surface area contributed by atoms with Gasteiger partial charge in [-0.05, 0) is 53.6 Å². The largest absolute Gasteiger partial charge is 0.309 e. The maximum atomic E-state index is 6.29. The Morgan fingerprint density at radius 3 is 2.21 bits per heavy atom. The molecule has 0 fully saturated rings. The maximum Gasteiger partial charge on any atom is 0.0547 e. The van der Waals surface area contributed by atoms with Gasteiger partial charge in [0.05, 0.1) is 11.0 Å². The zero-order chi connectivity index (χ0) is 21.9. The van der Waals surface area contributed by atoms with Gasteiger partial charge in [-0.25, -0.2) is 0 Å². The Bertz CT molecular complexity index is 1830. The predicted octanol–water partition coefficient (Wildman–Crippen LogP) is 9.47. The third-order valence-corrected chi connectivity index (χ3v) is 7.82. The third kappa shape index (κ3) is 2.92. The third-order valence-electron chi connectivity index (χ3n) is 6.46. The van der Waals surface area contributed by atoms with Crippen LogP contribution in [0.1, 0.15) is 0 Å². The summed E-state index contributed by atoms with van der Waals surface area (Å²) in [6.45, 7) is 0. The van der Waals surface area contributed by atoms with Crippen molar-refractivity contribution in [2.75, 3.05) is 0 Å². The fourth-order valence-corrected chi connectivity index (χ4v) is 6.23. The summed E-state index contributed by atoms with van der Waals surface area (Å²) in [7, 11) is 0. The Morgan fingerprint density at radius 2 is 1.30 bits per heavy atom. The highest BCUT2D eigenvalue weighted by Gasteiger charge is 2.14. The number of hydrogen-bond donors (Lipinski definition) is 0. The molecule has 2 aromatic heterocycles. The van der Waals surface area contributed by atoms with Crippen LogP contribution < -0.4 is 0 Å². The van der Waals surface area contributed by atoms with Crippen LogP contribution in [0.4, 0.5) is 0 Å². The SMILES string of the molecule is Clc1ccc2sc3cc(-n4c5ccccc5c5ccc(-c6ccccc6)cc54)ccc3c2c1. The molecule has 0 saturated heterocycles. The van der Waals surface area contributed by atoms with Gasteiger partial charge in [-0.3, -0.25) is 0 Å². The van der Waals surface area contributed by atoms with E-state index in [2.05, 4.69) is 108 Å². The van der Waals surface area contributed by atoms with Crippen LogP contribution in [-0.2, 0) is 0 Å². The van der Waals surface area contributed by atoms with E-state index in [1.54, 1.807) is 0 Å². The van der Waals surface area contributed by atoms with Crippen LogP contribution in [-0.4, -0.2) is 4.57 Å². The first kappa shape index (κ1) is 18.9. The van der Waals surface area contributed by atoms with Crippen molar-refractivity contribution in [2.45, 2.75) is 0 Å². The molecule has 33 heavy (non-hydrogen) atoms. The molecule has 5 aromatic carbocycles. The molecule has 1 nitrogen and oxygen atoms in total. The van der Waals surface area contributed by atoms with Crippen molar-refractivity contribution in [3.05, 3.63) is 114 Å². The van der Waals surface area contributed by atoms with Gasteiger partial charge >= 0.3 is 0 Å². The number of nitrogens with zero attached hydrogens (tertiary/aromatic N) is 1. The number of benzene rings is 5. The van der Waals surface area contributed by atoms with Crippen molar-refractivity contribution >= 4 is 64.9 Å². The van der Waals surface area contributed by atoms with E-state index in [-0.39, 0.29) is 0 Å². The van der Waals surface area contributed by atoms with Gasteiger partial charge < -0.3 is 4.57 Å². The summed E-state index contributed by atoms with van der Waals surface area (Å²) < 4.78 is 4.93. The number of para-hydroxylation sites is 1. The molecule has 0 aliphatic carbocycles. The van der Waals surface area contributed by atoms with Crippen molar-refractivity contribution in [2.24, 2.45) is 0 Å². The molecule has 7 rings (SSSR count). The topological polar surface area (TPSA) is 4.93 Å². The summed E-state index contributed by atoms with van der Waals surface area (Å²) in [6.07, 6.45) is 0. The molecule has 0 aliphatic rings. The molecule has 0 spiro atoms. The van der Waals surface area contributed by atoms with Crippen LogP contribution in [0.15, 0.2) is 109 Å². The molecule has 3 heteroatoms. The van der Waals surface area contributed by atoms with Crippen molar-refractivity contribution in [3.63, 3.8) is 0 Å². The van der Waals surface area contributed by atoms with Gasteiger partial charge in [0.25, 0.3) is 0 Å². The maximum absolute atomic E-state index is 6.29. The van der Waals surface area contributed by atoms with Crippen molar-refractivity contribution in [1.29, 1.82) is 0 Å². The van der Waals surface area contributed by atoms with Gasteiger partial charge in [0, 0.05) is 41.7 Å². The minimum Gasteiger partial charge on any atom is -0.309 e. The lowest BCUT2D eigenvalue weighted by Gasteiger charge is -2.09. The van der Waals surface area contributed by atoms with Crippen LogP contribution in [0.5, 0.6) is 0 Å². The molecule has 0 atom stereocenters. The first-order valence-corrected chi connectivity index (χ1v) is 12.2. The number of halogens is 1. The summed E-state index contributed by atoms with van der Waals surface area (Å²) in [5.41, 5.74) is 6.08. The molecule has 156 valence electrons. The average molecular weight is 460 g/mol. The summed E-state index contributed by atoms with van der Waals surface area (Å²) in [4.78, 5) is 0. The first-order chi connectivity index (χ1) is 16.3. The van der Waals surface area contributed by atoms with E-state index in [0.717, 1.165) is 5.02 Å². The molecule has 7 aromatic rings. The lowest BCUT2D eigenvalue weighted by atomic mass is 10.0. The monoisotopic (exact) mass is 459 g/mol. The Hall–Kier alpha value is -3.59. The molecule has 0 bridgehead atoms. The average Bonchev–Trinajstić information content (AvgIpc) is 3.39. The van der Waals surface area contributed by atoms with Gasteiger partial charge in [-0.15, -0.1) is 11.3 Å². The van der Waals surface area contributed by atoms with Crippen LogP contribution in [0.25, 0.3) is 58.8 Å². The van der Waals surface area contributed by atoms with Gasteiger partial charge in [0.2, 0.25) is 0 Å². The van der Waals surface area contributed by atoms with Crippen LogP contribution in [0.3, 0.4) is 0 Å². The molecule has 0 N–H and O–H groups in total. The quantitative estimate of drug-likeness (QED) is 0.242. The number of rotatable bonds is 2. The summed E-state index contributed by atoms with van der Waals surface area (Å²) >= 11 is 8.11. The Labute approximate surface area is 200 Å². The smallest absolute Gasteiger partial charge is 0.0547 e. The Balaban J connectivity index is 1.53. The molecule has 0 unspecified atom stereocenters. The van der Waals surface area contributed by atoms with Crippen molar-refractivity contribution < 1.29 is 0 Å². The van der Waals surface area contributed by atoms with E-state index in [9.17, 15) is 0 Å². The number of thiophene rings is 1.